The molecule has 0 fully saturated rings. The summed E-state index contributed by atoms with van der Waals surface area (Å²) in [4.78, 5) is 11.9. The molecule has 0 saturated carbocycles. The van der Waals surface area contributed by atoms with Gasteiger partial charge in [0.2, 0.25) is 0 Å². The second kappa shape index (κ2) is 9.26. The van der Waals surface area contributed by atoms with Crippen LogP contribution in [-0.4, -0.2) is 23.1 Å². The van der Waals surface area contributed by atoms with E-state index in [4.69, 9.17) is 0 Å². The van der Waals surface area contributed by atoms with Crippen molar-refractivity contribution in [1.29, 1.82) is 0 Å². The van der Waals surface area contributed by atoms with Gasteiger partial charge in [-0.25, -0.2) is 4.98 Å². The van der Waals surface area contributed by atoms with Crippen molar-refractivity contribution in [1.82, 2.24) is 9.55 Å². The normalized spacial score (nSPS) is 14.3. The first kappa shape index (κ1) is 24.1. The summed E-state index contributed by atoms with van der Waals surface area (Å²) >= 11 is 0. The summed E-state index contributed by atoms with van der Waals surface area (Å²) in [5, 5.41) is 0. The molecule has 6 heteroatoms. The molecule has 0 unspecified atom stereocenters. The Kier molecular flexibility index (Phi) is 5.20. The maximum Gasteiger partial charge on any atom is 0.329 e. The first-order valence-corrected chi connectivity index (χ1v) is 14.7. The van der Waals surface area contributed by atoms with Crippen molar-refractivity contribution in [2.24, 2.45) is 7.05 Å². The molecule has 0 radical (unpaired) electrons. The molecular formula is C37H28BN5. The van der Waals surface area contributed by atoms with Crippen LogP contribution in [0, 0.1) is 0 Å². The number of nitrogens with zero attached hydrogens (tertiary/aromatic N) is 5. The average Bonchev–Trinajstić information content (AvgIpc) is 3.74. The van der Waals surface area contributed by atoms with E-state index in [9.17, 15) is 0 Å². The van der Waals surface area contributed by atoms with Crippen LogP contribution in [0.3, 0.4) is 0 Å². The highest BCUT2D eigenvalue weighted by Gasteiger charge is 2.42. The zero-order valence-electron chi connectivity index (χ0n) is 23.8. The number of hydrogen-bond acceptors (Lipinski definition) is 4. The number of fused-ring (bicyclic) bond motifs is 11. The minimum Gasteiger partial charge on any atom is -0.376 e. The first-order valence-electron chi connectivity index (χ1n) is 14.7. The number of imidazole rings is 1. The van der Waals surface area contributed by atoms with Gasteiger partial charge < -0.3 is 19.2 Å². The lowest BCUT2D eigenvalue weighted by molar-refractivity contribution is 0.925. The largest absolute Gasteiger partial charge is 0.376 e. The lowest BCUT2D eigenvalue weighted by Crippen LogP contribution is -2.59. The fraction of sp³-hybridized carbons (Fsp3) is 0.0541. The van der Waals surface area contributed by atoms with Gasteiger partial charge in [-0.2, -0.15) is 0 Å². The average molecular weight is 553 g/mol. The van der Waals surface area contributed by atoms with E-state index in [1.807, 2.05) is 12.4 Å². The van der Waals surface area contributed by atoms with E-state index in [2.05, 4.69) is 159 Å². The van der Waals surface area contributed by atoms with Gasteiger partial charge in [0, 0.05) is 71.3 Å². The Morgan fingerprint density at radius 1 is 0.605 bits per heavy atom. The van der Waals surface area contributed by atoms with Crippen LogP contribution in [0.1, 0.15) is 0 Å². The Labute approximate surface area is 251 Å². The second-order valence-corrected chi connectivity index (χ2v) is 11.5. The van der Waals surface area contributed by atoms with E-state index in [0.29, 0.717) is 0 Å². The number of benzene rings is 5. The van der Waals surface area contributed by atoms with Crippen LogP contribution in [-0.2, 0) is 7.05 Å². The molecule has 1 aromatic heterocycles. The molecule has 4 heterocycles. The fourth-order valence-corrected chi connectivity index (χ4v) is 7.06. The summed E-state index contributed by atoms with van der Waals surface area (Å²) in [6, 6.07) is 42.1. The second-order valence-electron chi connectivity index (χ2n) is 11.5. The van der Waals surface area contributed by atoms with Crippen LogP contribution in [0.2, 0.25) is 0 Å². The van der Waals surface area contributed by atoms with Gasteiger partial charge in [0.1, 0.15) is 5.82 Å². The maximum absolute atomic E-state index is 4.69. The number of para-hydroxylation sites is 1. The number of anilines is 4. The van der Waals surface area contributed by atoms with E-state index >= 15 is 0 Å². The standard InChI is InChI=1S/C37H28BN5/c1-40-20-19-39-37(40)26-15-17-31-29-11-5-7-13-33(29)38-34-14-8-6-12-30(34)32-18-16-28(24-36(32)43(38)35(31)23-26)42-22-21-41(25-42)27-9-3-2-4-10-27/h2-24H,25H2,1H3. The summed E-state index contributed by atoms with van der Waals surface area (Å²) in [6.07, 6.45) is 8.22. The van der Waals surface area contributed by atoms with E-state index in [1.54, 1.807) is 0 Å². The van der Waals surface area contributed by atoms with E-state index in [1.165, 1.54) is 55.9 Å². The highest BCUT2D eigenvalue weighted by atomic mass is 15.3. The summed E-state index contributed by atoms with van der Waals surface area (Å²) in [7, 11) is 2.06. The van der Waals surface area contributed by atoms with Crippen LogP contribution in [0.5, 0.6) is 0 Å². The summed E-state index contributed by atoms with van der Waals surface area (Å²) in [5.74, 6) is 0.966. The molecule has 3 aliphatic heterocycles. The molecule has 6 aromatic rings. The smallest absolute Gasteiger partial charge is 0.329 e. The number of aryl methyl sites for hydroxylation is 1. The van der Waals surface area contributed by atoms with Gasteiger partial charge >= 0.3 is 6.85 Å². The molecular weight excluding hydrogens is 525 g/mol. The third-order valence-corrected chi connectivity index (χ3v) is 9.08. The molecule has 5 nitrogen and oxygen atoms in total. The van der Waals surface area contributed by atoms with E-state index < -0.39 is 0 Å². The first-order chi connectivity index (χ1) is 21.2. The van der Waals surface area contributed by atoms with Crippen LogP contribution < -0.4 is 25.5 Å². The van der Waals surface area contributed by atoms with Crippen molar-refractivity contribution in [2.75, 3.05) is 21.3 Å². The van der Waals surface area contributed by atoms with Gasteiger partial charge in [0.05, 0.1) is 6.67 Å². The van der Waals surface area contributed by atoms with Crippen LogP contribution in [0.15, 0.2) is 140 Å². The van der Waals surface area contributed by atoms with Gasteiger partial charge in [-0.05, 0) is 52.4 Å². The van der Waals surface area contributed by atoms with Gasteiger partial charge in [-0.1, -0.05) is 84.9 Å². The van der Waals surface area contributed by atoms with E-state index in [-0.39, 0.29) is 6.85 Å². The van der Waals surface area contributed by atoms with Crippen molar-refractivity contribution < 1.29 is 0 Å². The highest BCUT2D eigenvalue weighted by Crippen LogP contribution is 2.48. The maximum atomic E-state index is 4.69. The SMILES string of the molecule is Cn1ccnc1-c1ccc2c(c1)N1B(c3ccccc3-2)c2ccccc2-c2ccc(N3C=CN(c4ccccc4)C3)cc21. The van der Waals surface area contributed by atoms with Crippen LogP contribution >= 0.6 is 0 Å². The molecule has 0 N–H and O–H groups in total. The predicted molar refractivity (Wildman–Crippen MR) is 179 cm³/mol. The topological polar surface area (TPSA) is 27.5 Å². The summed E-state index contributed by atoms with van der Waals surface area (Å²) in [5.41, 5.74) is 13.7. The van der Waals surface area contributed by atoms with Gasteiger partial charge in [-0.15, -0.1) is 0 Å². The van der Waals surface area contributed by atoms with Crippen LogP contribution in [0.25, 0.3) is 33.6 Å². The van der Waals surface area contributed by atoms with Gasteiger partial charge in [0.25, 0.3) is 0 Å². The Morgan fingerprint density at radius 3 is 1.93 bits per heavy atom. The van der Waals surface area contributed by atoms with E-state index in [0.717, 1.165) is 18.1 Å². The van der Waals surface area contributed by atoms with Crippen molar-refractivity contribution >= 4 is 40.5 Å². The molecule has 204 valence electrons. The summed E-state index contributed by atoms with van der Waals surface area (Å²) in [6.45, 7) is 0.833. The van der Waals surface area contributed by atoms with Crippen molar-refractivity contribution in [3.63, 3.8) is 0 Å². The lowest BCUT2D eigenvalue weighted by atomic mass is 9.43. The number of aromatic nitrogens is 2. The summed E-state index contributed by atoms with van der Waals surface area (Å²) < 4.78 is 2.09. The minimum atomic E-state index is 0.0641. The van der Waals surface area contributed by atoms with Crippen molar-refractivity contribution in [3.05, 3.63) is 140 Å². The van der Waals surface area contributed by atoms with Gasteiger partial charge in [0.15, 0.2) is 0 Å². The molecule has 0 spiro atoms. The van der Waals surface area contributed by atoms with Gasteiger partial charge in [-0.3, -0.25) is 0 Å². The Morgan fingerprint density at radius 2 is 1.23 bits per heavy atom. The quantitative estimate of drug-likeness (QED) is 0.227. The Balaban J connectivity index is 1.24. The Hall–Kier alpha value is -5.49. The molecule has 9 rings (SSSR count). The monoisotopic (exact) mass is 553 g/mol. The highest BCUT2D eigenvalue weighted by molar-refractivity contribution is 6.92. The number of hydrogen-bond donors (Lipinski definition) is 0. The molecule has 5 aromatic carbocycles. The third-order valence-electron chi connectivity index (χ3n) is 9.08. The molecule has 43 heavy (non-hydrogen) atoms. The zero-order valence-corrected chi connectivity index (χ0v) is 23.8. The number of rotatable bonds is 3. The predicted octanol–water partition coefficient (Wildman–Crippen LogP) is 6.75. The molecule has 0 atom stereocenters. The Bertz CT molecular complexity index is 2060. The lowest BCUT2D eigenvalue weighted by Gasteiger charge is -2.43. The third kappa shape index (κ3) is 3.63. The fourth-order valence-electron chi connectivity index (χ4n) is 7.06. The minimum absolute atomic E-state index is 0.0641. The molecule has 0 bridgehead atoms. The molecule has 0 aliphatic carbocycles. The zero-order chi connectivity index (χ0) is 28.5. The van der Waals surface area contributed by atoms with Crippen molar-refractivity contribution in [3.8, 4) is 33.6 Å². The molecule has 0 amide bonds. The molecule has 0 saturated heterocycles. The molecule has 3 aliphatic rings. The van der Waals surface area contributed by atoms with Crippen LogP contribution in [0.4, 0.5) is 22.7 Å². The van der Waals surface area contributed by atoms with Crippen molar-refractivity contribution in [2.45, 2.75) is 0 Å².